The second-order valence-corrected chi connectivity index (χ2v) is 5.64. The molecule has 21 heavy (non-hydrogen) atoms. The van der Waals surface area contributed by atoms with Crippen LogP contribution in [-0.4, -0.2) is 44.1 Å². The third kappa shape index (κ3) is 3.08. The van der Waals surface area contributed by atoms with Crippen molar-refractivity contribution in [1.29, 1.82) is 0 Å². The van der Waals surface area contributed by atoms with Gasteiger partial charge in [-0.1, -0.05) is 30.3 Å². The van der Waals surface area contributed by atoms with E-state index in [2.05, 4.69) is 4.90 Å². The number of nitrogens with zero attached hydrogens (tertiary/aromatic N) is 1. The van der Waals surface area contributed by atoms with E-state index in [-0.39, 0.29) is 11.9 Å². The first-order valence-corrected chi connectivity index (χ1v) is 6.94. The van der Waals surface area contributed by atoms with Crippen LogP contribution in [0, 0.1) is 11.3 Å². The number of methoxy groups -OCH3 is 2. The van der Waals surface area contributed by atoms with Crippen LogP contribution < -0.4 is 0 Å². The predicted octanol–water partition coefficient (Wildman–Crippen LogP) is 1.47. The minimum absolute atomic E-state index is 0.363. The van der Waals surface area contributed by atoms with Crippen molar-refractivity contribution in [2.24, 2.45) is 11.3 Å². The van der Waals surface area contributed by atoms with Crippen LogP contribution in [0.25, 0.3) is 0 Å². The number of hydrogen-bond donors (Lipinski definition) is 0. The van der Waals surface area contributed by atoms with E-state index in [9.17, 15) is 9.59 Å². The smallest absolute Gasteiger partial charge is 0.313 e. The van der Waals surface area contributed by atoms with Crippen molar-refractivity contribution in [3.63, 3.8) is 0 Å². The molecule has 1 aliphatic rings. The first kappa shape index (κ1) is 15.5. The zero-order valence-corrected chi connectivity index (χ0v) is 12.7. The number of ether oxygens (including phenoxy) is 2. The van der Waals surface area contributed by atoms with Crippen molar-refractivity contribution >= 4 is 11.9 Å². The molecule has 5 heteroatoms. The highest BCUT2D eigenvalue weighted by molar-refractivity contribution is 5.86. The molecule has 1 saturated heterocycles. The highest BCUT2D eigenvalue weighted by Gasteiger charge is 2.53. The third-order valence-corrected chi connectivity index (χ3v) is 4.15. The first-order chi connectivity index (χ1) is 10.0. The Hall–Kier alpha value is -1.88. The molecule has 0 saturated carbocycles. The van der Waals surface area contributed by atoms with E-state index in [1.165, 1.54) is 14.2 Å². The normalized spacial score (nSPS) is 25.6. The predicted molar refractivity (Wildman–Crippen MR) is 77.3 cm³/mol. The van der Waals surface area contributed by atoms with Gasteiger partial charge in [-0.25, -0.2) is 0 Å². The van der Waals surface area contributed by atoms with Gasteiger partial charge in [-0.15, -0.1) is 0 Å². The van der Waals surface area contributed by atoms with Crippen LogP contribution >= 0.6 is 0 Å². The molecule has 0 radical (unpaired) electrons. The summed E-state index contributed by atoms with van der Waals surface area (Å²) in [5.74, 6) is -1.23. The minimum atomic E-state index is -0.864. The summed E-state index contributed by atoms with van der Waals surface area (Å²) >= 11 is 0. The van der Waals surface area contributed by atoms with E-state index in [1.807, 2.05) is 30.3 Å². The van der Waals surface area contributed by atoms with Gasteiger partial charge < -0.3 is 9.47 Å². The Morgan fingerprint density at radius 2 is 1.90 bits per heavy atom. The molecule has 0 spiro atoms. The van der Waals surface area contributed by atoms with Crippen LogP contribution in [0.4, 0.5) is 0 Å². The van der Waals surface area contributed by atoms with Gasteiger partial charge in [-0.05, 0) is 12.5 Å². The average molecular weight is 291 g/mol. The Morgan fingerprint density at radius 1 is 1.24 bits per heavy atom. The van der Waals surface area contributed by atoms with Gasteiger partial charge in [0.05, 0.1) is 25.6 Å². The maximum atomic E-state index is 12.1. The van der Waals surface area contributed by atoms with E-state index in [1.54, 1.807) is 6.92 Å². The largest absolute Gasteiger partial charge is 0.469 e. The van der Waals surface area contributed by atoms with Gasteiger partial charge in [0.15, 0.2) is 0 Å². The van der Waals surface area contributed by atoms with E-state index < -0.39 is 11.3 Å². The first-order valence-electron chi connectivity index (χ1n) is 6.94. The summed E-state index contributed by atoms with van der Waals surface area (Å²) in [6.45, 7) is 3.44. The van der Waals surface area contributed by atoms with E-state index in [0.29, 0.717) is 19.6 Å². The maximum absolute atomic E-state index is 12.1. The van der Waals surface area contributed by atoms with Gasteiger partial charge in [0.1, 0.15) is 0 Å². The third-order valence-electron chi connectivity index (χ3n) is 4.15. The van der Waals surface area contributed by atoms with Crippen molar-refractivity contribution in [2.75, 3.05) is 27.3 Å². The number of carbonyl (C=O) groups is 2. The molecule has 0 bridgehead atoms. The second-order valence-electron chi connectivity index (χ2n) is 5.64. The van der Waals surface area contributed by atoms with Gasteiger partial charge in [0.2, 0.25) is 0 Å². The molecule has 0 N–H and O–H groups in total. The lowest BCUT2D eigenvalue weighted by Crippen LogP contribution is -2.40. The zero-order chi connectivity index (χ0) is 15.5. The van der Waals surface area contributed by atoms with Gasteiger partial charge in [0.25, 0.3) is 0 Å². The lowest BCUT2D eigenvalue weighted by Gasteiger charge is -2.25. The lowest BCUT2D eigenvalue weighted by molar-refractivity contribution is -0.161. The van der Waals surface area contributed by atoms with E-state index in [4.69, 9.17) is 9.47 Å². The molecule has 2 rings (SSSR count). The van der Waals surface area contributed by atoms with E-state index >= 15 is 0 Å². The highest BCUT2D eigenvalue weighted by Crippen LogP contribution is 2.38. The molecule has 1 aromatic carbocycles. The van der Waals surface area contributed by atoms with Crippen molar-refractivity contribution in [1.82, 2.24) is 4.90 Å². The van der Waals surface area contributed by atoms with Crippen molar-refractivity contribution in [3.8, 4) is 0 Å². The fraction of sp³-hybridized carbons (Fsp3) is 0.500. The second kappa shape index (κ2) is 6.26. The Bertz CT molecular complexity index is 516. The number of benzene rings is 1. The number of hydrogen-bond acceptors (Lipinski definition) is 5. The fourth-order valence-electron chi connectivity index (χ4n) is 2.98. The van der Waals surface area contributed by atoms with Crippen LogP contribution in [0.2, 0.25) is 0 Å². The summed E-state index contributed by atoms with van der Waals surface area (Å²) in [6.07, 6.45) is 0. The monoisotopic (exact) mass is 291 g/mol. The SMILES string of the molecule is COC(=O)C1CN(Cc2ccccc2)C[C@@]1(C)C(=O)OC. The molecular formula is C16H21NO4. The number of carbonyl (C=O) groups excluding carboxylic acids is 2. The number of rotatable bonds is 4. The van der Waals surface area contributed by atoms with Crippen LogP contribution in [0.1, 0.15) is 12.5 Å². The maximum Gasteiger partial charge on any atom is 0.313 e. The minimum Gasteiger partial charge on any atom is -0.469 e. The summed E-state index contributed by atoms with van der Waals surface area (Å²) in [5, 5.41) is 0. The van der Waals surface area contributed by atoms with Crippen LogP contribution in [0.15, 0.2) is 30.3 Å². The highest BCUT2D eigenvalue weighted by atomic mass is 16.5. The van der Waals surface area contributed by atoms with Crippen LogP contribution in [0.3, 0.4) is 0 Å². The Labute approximate surface area is 124 Å². The quantitative estimate of drug-likeness (QED) is 0.786. The number of esters is 2. The average Bonchev–Trinajstić information content (AvgIpc) is 2.84. The fourth-order valence-corrected chi connectivity index (χ4v) is 2.98. The van der Waals surface area contributed by atoms with Gasteiger partial charge in [0, 0.05) is 19.6 Å². The van der Waals surface area contributed by atoms with Crippen LogP contribution in [-0.2, 0) is 25.6 Å². The molecule has 1 heterocycles. The molecule has 114 valence electrons. The lowest BCUT2D eigenvalue weighted by atomic mass is 9.80. The molecule has 0 aliphatic carbocycles. The van der Waals surface area contributed by atoms with Gasteiger partial charge in [-0.2, -0.15) is 0 Å². The Morgan fingerprint density at radius 3 is 2.48 bits per heavy atom. The summed E-state index contributed by atoms with van der Waals surface area (Å²) in [5.41, 5.74) is 0.284. The molecule has 1 fully saturated rings. The van der Waals surface area contributed by atoms with Crippen molar-refractivity contribution in [2.45, 2.75) is 13.5 Å². The number of likely N-dealkylation sites (tertiary alicyclic amines) is 1. The van der Waals surface area contributed by atoms with Crippen molar-refractivity contribution < 1.29 is 19.1 Å². The molecule has 0 aromatic heterocycles. The zero-order valence-electron chi connectivity index (χ0n) is 12.7. The molecular weight excluding hydrogens is 270 g/mol. The molecule has 1 aliphatic heterocycles. The van der Waals surface area contributed by atoms with Crippen LogP contribution in [0.5, 0.6) is 0 Å². The molecule has 1 aromatic rings. The van der Waals surface area contributed by atoms with Crippen molar-refractivity contribution in [3.05, 3.63) is 35.9 Å². The summed E-state index contributed by atoms with van der Waals surface area (Å²) < 4.78 is 9.74. The molecule has 2 atom stereocenters. The summed E-state index contributed by atoms with van der Waals surface area (Å²) in [6, 6.07) is 9.97. The molecule has 5 nitrogen and oxygen atoms in total. The Kier molecular flexibility index (Phi) is 4.63. The standard InChI is InChI=1S/C16H21NO4/c1-16(15(19)21-3)11-17(10-13(16)14(18)20-2)9-12-7-5-4-6-8-12/h4-8,13H,9-11H2,1-3H3/t13?,16-/m1/s1. The molecule has 0 amide bonds. The Balaban J connectivity index is 2.18. The van der Waals surface area contributed by atoms with Gasteiger partial charge in [-0.3, -0.25) is 14.5 Å². The summed E-state index contributed by atoms with van der Waals surface area (Å²) in [4.78, 5) is 26.2. The molecule has 1 unspecified atom stereocenters. The van der Waals surface area contributed by atoms with E-state index in [0.717, 1.165) is 5.56 Å². The topological polar surface area (TPSA) is 55.8 Å². The summed E-state index contributed by atoms with van der Waals surface area (Å²) in [7, 11) is 2.70. The van der Waals surface area contributed by atoms with Gasteiger partial charge >= 0.3 is 11.9 Å².